The fourth-order valence-corrected chi connectivity index (χ4v) is 3.14. The standard InChI is InChI=1S/C14H18N2O/c1-9-3-2-4-12(5-9)16-13(8-15)10-6-11(7-10)14(16)17/h2-5,10-11,13H,6-8,15H2,1H3. The molecule has 1 aliphatic carbocycles. The lowest BCUT2D eigenvalue weighted by Gasteiger charge is -2.52. The molecule has 2 saturated heterocycles. The monoisotopic (exact) mass is 230 g/mol. The molecule has 1 atom stereocenters. The Bertz CT molecular complexity index is 451. The van der Waals surface area contributed by atoms with Gasteiger partial charge in [0.1, 0.15) is 0 Å². The van der Waals surface area contributed by atoms with Gasteiger partial charge in [-0.2, -0.15) is 0 Å². The number of anilines is 1. The third kappa shape index (κ3) is 1.57. The predicted molar refractivity (Wildman–Crippen MR) is 67.7 cm³/mol. The summed E-state index contributed by atoms with van der Waals surface area (Å²) in [7, 11) is 0. The molecule has 2 heterocycles. The number of amides is 1. The van der Waals surface area contributed by atoms with Gasteiger partial charge in [-0.1, -0.05) is 12.1 Å². The Morgan fingerprint density at radius 2 is 2.18 bits per heavy atom. The van der Waals surface area contributed by atoms with Crippen molar-refractivity contribution >= 4 is 11.6 Å². The van der Waals surface area contributed by atoms with Crippen LogP contribution in [0.5, 0.6) is 0 Å². The Kier molecular flexibility index (Phi) is 2.44. The van der Waals surface area contributed by atoms with E-state index in [2.05, 4.69) is 19.1 Å². The number of hydrogen-bond donors (Lipinski definition) is 1. The predicted octanol–water partition coefficient (Wildman–Crippen LogP) is 1.70. The van der Waals surface area contributed by atoms with E-state index in [1.54, 1.807) is 0 Å². The van der Waals surface area contributed by atoms with Crippen molar-refractivity contribution in [3.63, 3.8) is 0 Å². The largest absolute Gasteiger partial charge is 0.328 e. The number of carbonyl (C=O) groups is 1. The number of piperidine rings is 2. The van der Waals surface area contributed by atoms with Gasteiger partial charge in [-0.25, -0.2) is 0 Å². The fraction of sp³-hybridized carbons (Fsp3) is 0.500. The summed E-state index contributed by atoms with van der Waals surface area (Å²) in [6, 6.07) is 8.35. The molecule has 0 aromatic heterocycles. The smallest absolute Gasteiger partial charge is 0.230 e. The van der Waals surface area contributed by atoms with E-state index in [-0.39, 0.29) is 17.9 Å². The van der Waals surface area contributed by atoms with Crippen LogP contribution in [0.3, 0.4) is 0 Å². The molecule has 1 amide bonds. The van der Waals surface area contributed by atoms with Gasteiger partial charge in [-0.3, -0.25) is 4.79 Å². The first kappa shape index (κ1) is 10.8. The molecule has 1 aromatic rings. The highest BCUT2D eigenvalue weighted by molar-refractivity contribution is 5.98. The molecular weight excluding hydrogens is 212 g/mol. The van der Waals surface area contributed by atoms with Crippen molar-refractivity contribution in [1.29, 1.82) is 0 Å². The van der Waals surface area contributed by atoms with Crippen LogP contribution in [-0.2, 0) is 4.79 Å². The number of nitrogens with zero attached hydrogens (tertiary/aromatic N) is 1. The van der Waals surface area contributed by atoms with E-state index in [1.165, 1.54) is 5.56 Å². The molecule has 3 nitrogen and oxygen atoms in total. The minimum absolute atomic E-state index is 0.203. The van der Waals surface area contributed by atoms with Crippen LogP contribution in [0, 0.1) is 18.8 Å². The number of hydrogen-bond acceptors (Lipinski definition) is 2. The van der Waals surface area contributed by atoms with Crippen molar-refractivity contribution in [2.45, 2.75) is 25.8 Å². The summed E-state index contributed by atoms with van der Waals surface area (Å²) >= 11 is 0. The van der Waals surface area contributed by atoms with Gasteiger partial charge in [0.2, 0.25) is 5.91 Å². The van der Waals surface area contributed by atoms with Crippen molar-refractivity contribution in [3.8, 4) is 0 Å². The van der Waals surface area contributed by atoms with Crippen LogP contribution >= 0.6 is 0 Å². The van der Waals surface area contributed by atoms with Crippen LogP contribution in [0.25, 0.3) is 0 Å². The maximum Gasteiger partial charge on any atom is 0.230 e. The van der Waals surface area contributed by atoms with E-state index in [9.17, 15) is 4.79 Å². The van der Waals surface area contributed by atoms with Crippen LogP contribution in [0.2, 0.25) is 0 Å². The van der Waals surface area contributed by atoms with Gasteiger partial charge in [0.15, 0.2) is 0 Å². The van der Waals surface area contributed by atoms with Crippen molar-refractivity contribution < 1.29 is 4.79 Å². The Morgan fingerprint density at radius 3 is 2.82 bits per heavy atom. The number of benzene rings is 1. The molecule has 4 rings (SSSR count). The molecule has 1 unspecified atom stereocenters. The molecule has 3 aliphatic rings. The maximum atomic E-state index is 12.3. The Morgan fingerprint density at radius 1 is 1.41 bits per heavy atom. The quantitative estimate of drug-likeness (QED) is 0.840. The van der Waals surface area contributed by atoms with Crippen molar-refractivity contribution in [2.24, 2.45) is 17.6 Å². The summed E-state index contributed by atoms with van der Waals surface area (Å²) in [5.41, 5.74) is 8.05. The zero-order valence-electron chi connectivity index (χ0n) is 10.1. The third-order valence-electron chi connectivity index (χ3n) is 4.16. The molecule has 2 N–H and O–H groups in total. The molecule has 3 heteroatoms. The van der Waals surface area contributed by atoms with E-state index in [1.807, 2.05) is 17.0 Å². The van der Waals surface area contributed by atoms with Crippen LogP contribution < -0.4 is 10.6 Å². The second-order valence-corrected chi connectivity index (χ2v) is 5.28. The first-order valence-corrected chi connectivity index (χ1v) is 6.30. The van der Waals surface area contributed by atoms with Gasteiger partial charge in [0, 0.05) is 18.2 Å². The van der Waals surface area contributed by atoms with Gasteiger partial charge in [-0.15, -0.1) is 0 Å². The Hall–Kier alpha value is -1.35. The third-order valence-corrected chi connectivity index (χ3v) is 4.16. The average Bonchev–Trinajstić information content (AvgIpc) is 2.26. The summed E-state index contributed by atoms with van der Waals surface area (Å²) in [4.78, 5) is 14.3. The van der Waals surface area contributed by atoms with Crippen molar-refractivity contribution in [2.75, 3.05) is 11.4 Å². The molecular formula is C14H18N2O. The fourth-order valence-electron chi connectivity index (χ4n) is 3.14. The van der Waals surface area contributed by atoms with Gasteiger partial charge in [0.05, 0.1) is 6.04 Å². The SMILES string of the molecule is Cc1cccc(N2C(=O)C3CC(C3)C2CN)c1. The zero-order chi connectivity index (χ0) is 12.0. The second kappa shape index (κ2) is 3.84. The molecule has 17 heavy (non-hydrogen) atoms. The molecule has 2 aliphatic heterocycles. The summed E-state index contributed by atoms with van der Waals surface area (Å²) in [6.07, 6.45) is 2.09. The lowest BCUT2D eigenvalue weighted by molar-refractivity contribution is -0.132. The van der Waals surface area contributed by atoms with E-state index in [4.69, 9.17) is 5.73 Å². The van der Waals surface area contributed by atoms with Crippen LogP contribution in [0.1, 0.15) is 18.4 Å². The number of aryl methyl sites for hydroxylation is 1. The minimum atomic E-state index is 0.203. The van der Waals surface area contributed by atoms with E-state index >= 15 is 0 Å². The first-order valence-electron chi connectivity index (χ1n) is 6.30. The van der Waals surface area contributed by atoms with E-state index in [0.29, 0.717) is 12.5 Å². The maximum absolute atomic E-state index is 12.3. The highest BCUT2D eigenvalue weighted by Gasteiger charge is 2.49. The summed E-state index contributed by atoms with van der Waals surface area (Å²) < 4.78 is 0. The first-order chi connectivity index (χ1) is 8.20. The summed E-state index contributed by atoms with van der Waals surface area (Å²) in [6.45, 7) is 2.62. The van der Waals surface area contributed by atoms with Crippen LogP contribution in [-0.4, -0.2) is 18.5 Å². The topological polar surface area (TPSA) is 46.3 Å². The highest BCUT2D eigenvalue weighted by Crippen LogP contribution is 2.45. The van der Waals surface area contributed by atoms with Crippen molar-refractivity contribution in [1.82, 2.24) is 0 Å². The highest BCUT2D eigenvalue weighted by atomic mass is 16.2. The van der Waals surface area contributed by atoms with Crippen LogP contribution in [0.15, 0.2) is 24.3 Å². The second-order valence-electron chi connectivity index (χ2n) is 5.28. The lowest BCUT2D eigenvalue weighted by Crippen LogP contribution is -2.62. The number of carbonyl (C=O) groups excluding carboxylic acids is 1. The van der Waals surface area contributed by atoms with Gasteiger partial charge < -0.3 is 10.6 Å². The van der Waals surface area contributed by atoms with E-state index in [0.717, 1.165) is 18.5 Å². The molecule has 3 fully saturated rings. The van der Waals surface area contributed by atoms with Gasteiger partial charge in [-0.05, 0) is 43.4 Å². The van der Waals surface area contributed by atoms with Gasteiger partial charge in [0.25, 0.3) is 0 Å². The minimum Gasteiger partial charge on any atom is -0.328 e. The van der Waals surface area contributed by atoms with Crippen molar-refractivity contribution in [3.05, 3.63) is 29.8 Å². The summed E-state index contributed by atoms with van der Waals surface area (Å²) in [5.74, 6) is 1.14. The van der Waals surface area contributed by atoms with Crippen LogP contribution in [0.4, 0.5) is 5.69 Å². The molecule has 1 saturated carbocycles. The van der Waals surface area contributed by atoms with E-state index < -0.39 is 0 Å². The Balaban J connectivity index is 1.97. The molecule has 90 valence electrons. The summed E-state index contributed by atoms with van der Waals surface area (Å²) in [5, 5.41) is 0. The number of fused-ring (bicyclic) bond motifs is 2. The molecule has 1 aromatic carbocycles. The Labute approximate surface area is 102 Å². The zero-order valence-corrected chi connectivity index (χ0v) is 10.1. The molecule has 2 bridgehead atoms. The average molecular weight is 230 g/mol. The normalized spacial score (nSPS) is 31.3. The molecule has 0 radical (unpaired) electrons. The number of nitrogens with two attached hydrogens (primary N) is 1. The number of rotatable bonds is 2. The molecule has 0 spiro atoms. The van der Waals surface area contributed by atoms with Gasteiger partial charge >= 0.3 is 0 Å². The lowest BCUT2D eigenvalue weighted by atomic mass is 9.66.